The van der Waals surface area contributed by atoms with Crippen LogP contribution in [0, 0.1) is 0 Å². The fraction of sp³-hybridized carbons (Fsp3) is 0.754. The number of carbonyl (C=O) groups is 8. The van der Waals surface area contributed by atoms with Crippen LogP contribution in [0.5, 0.6) is 0 Å². The highest BCUT2D eigenvalue weighted by Crippen LogP contribution is 2.16. The first-order chi connectivity index (χ1) is 71.7. The molecule has 0 aliphatic carbocycles. The van der Waals surface area contributed by atoms with Gasteiger partial charge in [0.2, 0.25) is 5.91 Å². The lowest BCUT2D eigenvalue weighted by atomic mass is 10.1. The first kappa shape index (κ1) is 184. The highest BCUT2D eigenvalue weighted by molar-refractivity contribution is 5.77. The highest BCUT2D eigenvalue weighted by atomic mass is 16.4. The number of Topliss-reactive ketones (excluding diaryl/α,β-unsaturated/α-hetero) is 6. The summed E-state index contributed by atoms with van der Waals surface area (Å²) in [7, 11) is 0. The summed E-state index contributed by atoms with van der Waals surface area (Å²) >= 11 is 0. The summed E-state index contributed by atoms with van der Waals surface area (Å²) in [5, 5.41) is 17.2. The zero-order valence-corrected chi connectivity index (χ0v) is 105. The van der Waals surface area contributed by atoms with Gasteiger partial charge in [-0.3, -0.25) is 9.59 Å². The number of aliphatic hydroxyl groups excluding tert-OH is 1. The van der Waals surface area contributed by atoms with Crippen LogP contribution in [0.15, 0.2) is 165 Å². The van der Waals surface area contributed by atoms with E-state index < -0.39 is 5.97 Å². The highest BCUT2D eigenvalue weighted by Gasteiger charge is 2.15. The fourth-order valence-corrected chi connectivity index (χ4v) is 12.5. The number of likely N-dealkylation sites (tertiary alicyclic amines) is 1. The molecule has 0 spiro atoms. The zero-order chi connectivity index (χ0) is 118. The Morgan fingerprint density at radius 1 is 0.221 bits per heavy atom. The van der Waals surface area contributed by atoms with E-state index in [1.807, 2.05) is 86.4 Å². The number of ketones is 6. The molecule has 1 saturated heterocycles. The summed E-state index contributed by atoms with van der Waals surface area (Å²) in [6.45, 7) is 94.8. The van der Waals surface area contributed by atoms with Crippen LogP contribution in [0.3, 0.4) is 0 Å². The van der Waals surface area contributed by atoms with Gasteiger partial charge in [0.1, 0.15) is 34.7 Å². The predicted molar refractivity (Wildman–Crippen MR) is 683 cm³/mol. The lowest BCUT2D eigenvalue weighted by Gasteiger charge is -2.26. The SMILES string of the molecule is C=CC.C=CC.C=CCC(O)CC.C=CCCCC(C)=O.C=CCCCCC.C=CCCCCC(=O)N1CCCCC1.C=CCCCCC(C)=O.C=CCCCCC(C)=O.C=CCCCCCC.C=CCCCCCC(C)=O.C=CCCCCCCC(C)=O.C=CCCCCCCCCCC(=O)O.C=CCCCCCCCCCC(C)=O.CCC.CCC.CCC.CCCCCCC.CCCCCCCC.CCCCCCCC. The number of allylic oxidation sites excluding steroid dienone is 12. The smallest absolute Gasteiger partial charge is 0.303 e. The summed E-state index contributed by atoms with van der Waals surface area (Å²) in [6.07, 6.45) is 116. The number of aliphatic carboxylic acids is 1. The minimum atomic E-state index is -0.670. The van der Waals surface area contributed by atoms with Crippen molar-refractivity contribution in [1.82, 2.24) is 4.90 Å². The molecule has 0 aromatic rings. The van der Waals surface area contributed by atoms with Crippen molar-refractivity contribution in [1.29, 1.82) is 0 Å². The van der Waals surface area contributed by atoms with Gasteiger partial charge in [-0.25, -0.2) is 0 Å². The van der Waals surface area contributed by atoms with Crippen molar-refractivity contribution >= 4 is 46.6 Å². The zero-order valence-electron chi connectivity index (χ0n) is 105. The van der Waals surface area contributed by atoms with E-state index in [9.17, 15) is 38.4 Å². The molecule has 11 heteroatoms. The van der Waals surface area contributed by atoms with Crippen molar-refractivity contribution < 1.29 is 48.6 Å². The summed E-state index contributed by atoms with van der Waals surface area (Å²) in [5.74, 6) is 1.48. The van der Waals surface area contributed by atoms with Crippen LogP contribution in [-0.4, -0.2) is 80.9 Å². The second kappa shape index (κ2) is 206. The summed E-state index contributed by atoms with van der Waals surface area (Å²) in [5.41, 5.74) is 0. The van der Waals surface area contributed by atoms with Crippen LogP contribution in [0.4, 0.5) is 0 Å². The molecule has 1 heterocycles. The topological polar surface area (TPSA) is 180 Å². The molecule has 1 fully saturated rings. The molecule has 2 N–H and O–H groups in total. The van der Waals surface area contributed by atoms with Gasteiger partial charge in [-0.15, -0.1) is 85.5 Å². The van der Waals surface area contributed by atoms with Crippen molar-refractivity contribution in [2.45, 2.75) is 666 Å². The monoisotopic (exact) mass is 2100 g/mol. The van der Waals surface area contributed by atoms with Crippen LogP contribution < -0.4 is 0 Å². The third kappa shape index (κ3) is 315. The maximum Gasteiger partial charge on any atom is 0.303 e. The number of nitrogens with zero attached hydrogens (tertiary/aromatic N) is 1. The van der Waals surface area contributed by atoms with Gasteiger partial charge in [0.25, 0.3) is 0 Å². The average Bonchev–Trinajstić information content (AvgIpc) is 0.919. The van der Waals surface area contributed by atoms with Gasteiger partial charge in [-0.1, -0.05) is 427 Å². The third-order valence-corrected chi connectivity index (χ3v) is 21.2. The molecule has 1 aliphatic rings. The molecule has 149 heavy (non-hydrogen) atoms. The lowest BCUT2D eigenvalue weighted by molar-refractivity contribution is -0.137. The van der Waals surface area contributed by atoms with Crippen molar-refractivity contribution in [3.05, 3.63) is 165 Å². The van der Waals surface area contributed by atoms with Gasteiger partial charge in [-0.05, 0) is 261 Å². The van der Waals surface area contributed by atoms with Gasteiger partial charge < -0.3 is 43.9 Å². The second-order valence-corrected chi connectivity index (χ2v) is 38.9. The fourth-order valence-electron chi connectivity index (χ4n) is 12.5. The minimum absolute atomic E-state index is 0.169. The molecular formula is C138H271NO10. The number of amides is 1. The lowest BCUT2D eigenvalue weighted by Crippen LogP contribution is -2.35. The van der Waals surface area contributed by atoms with Crippen molar-refractivity contribution in [3.63, 3.8) is 0 Å². The van der Waals surface area contributed by atoms with Crippen molar-refractivity contribution in [2.75, 3.05) is 13.1 Å². The van der Waals surface area contributed by atoms with E-state index in [4.69, 9.17) is 10.2 Å². The molecule has 0 radical (unpaired) electrons. The molecular weight excluding hydrogens is 1830 g/mol. The van der Waals surface area contributed by atoms with Crippen molar-refractivity contribution in [2.24, 2.45) is 0 Å². The predicted octanol–water partition coefficient (Wildman–Crippen LogP) is 46.7. The molecule has 11 nitrogen and oxygen atoms in total. The number of hydrogen-bond acceptors (Lipinski definition) is 9. The van der Waals surface area contributed by atoms with Crippen LogP contribution >= 0.6 is 0 Å². The van der Waals surface area contributed by atoms with Crippen LogP contribution in [0.25, 0.3) is 0 Å². The van der Waals surface area contributed by atoms with Crippen molar-refractivity contribution in [3.8, 4) is 0 Å². The van der Waals surface area contributed by atoms with Gasteiger partial charge in [0, 0.05) is 64.5 Å². The first-order valence-corrected chi connectivity index (χ1v) is 61.7. The summed E-state index contributed by atoms with van der Waals surface area (Å²) in [6, 6.07) is 0. The van der Waals surface area contributed by atoms with Gasteiger partial charge in [0.15, 0.2) is 0 Å². The number of rotatable bonds is 78. The number of carboxylic acid groups (broad SMARTS) is 1. The van der Waals surface area contributed by atoms with E-state index in [0.29, 0.717) is 47.7 Å². The Morgan fingerprint density at radius 2 is 0.369 bits per heavy atom. The van der Waals surface area contributed by atoms with E-state index in [2.05, 4.69) is 182 Å². The van der Waals surface area contributed by atoms with Crippen LogP contribution in [0.1, 0.15) is 660 Å². The number of hydrogen-bond donors (Lipinski definition) is 2. The van der Waals surface area contributed by atoms with Gasteiger partial charge >= 0.3 is 5.97 Å². The quantitative estimate of drug-likeness (QED) is 0.0439. The molecule has 1 unspecified atom stereocenters. The summed E-state index contributed by atoms with van der Waals surface area (Å²) in [4.78, 5) is 86.5. The Morgan fingerprint density at radius 3 is 0.564 bits per heavy atom. The Kier molecular flexibility index (Phi) is 254. The first-order valence-electron chi connectivity index (χ1n) is 61.7. The molecule has 1 atom stereocenters. The van der Waals surface area contributed by atoms with Gasteiger partial charge in [-0.2, -0.15) is 0 Å². The second-order valence-electron chi connectivity index (χ2n) is 38.9. The largest absolute Gasteiger partial charge is 0.481 e. The van der Waals surface area contributed by atoms with E-state index in [0.717, 1.165) is 199 Å². The standard InChI is InChI=1S/C13H24O.C12H21NO.C12H22O2.C10H18O.C9H16O.2C8H14O.2C8H18.C8H16.C7H12O.C7H16.C7H14.C6H12O.3C3H8.2C3H6/c1-3-4-5-6-7-8-9-10-11-12-13(2)14;1-2-3-4-6-9-12(14)13-10-7-5-8-11-13;1-2-3-4-5-6-7-8-9-10-11-12(13)14;1-3-4-5-6-7-8-9-10(2)11;1-3-4-5-6-7-8-9(2)10;2*1-3-4-5-6-7-8(2)9;3*1-3-5-7-8-6-4-2;1-3-4-5-6-7(2)8;2*1-3-5-7-6-4-2;1-3-5-6(7)4-2;5*1-3-2/h3H,1,4-12H2,2H3;2H,1,3-11H2;2H,1,3-11H2,(H,13,14);3H,1,4-9H2,2H3;3H,1,4-8H2,2H3;2*3H,1,4-7H2,2H3;2*3-8H2,1-2H3;3H,1,4-8H2,2H3;3H,1,4-6H2,2H3;3-7H2,1-2H3;3H,1,4-7H2,2H3;3,6-7H,1,4-5H2,2H3;3*3H2,1-2H3;2*3H,1H2,2H3. The van der Waals surface area contributed by atoms with Crippen LogP contribution in [0.2, 0.25) is 0 Å². The average molecular weight is 2100 g/mol. The number of carbonyl (C=O) groups excluding carboxylic acids is 7. The van der Waals surface area contributed by atoms with Crippen LogP contribution in [-0.2, 0) is 38.4 Å². The van der Waals surface area contributed by atoms with Gasteiger partial charge in [0.05, 0.1) is 6.10 Å². The number of carboxylic acids is 1. The molecule has 0 bridgehead atoms. The molecule has 0 aromatic carbocycles. The number of unbranched alkanes of at least 4 members (excludes halogenated alkanes) is 49. The minimum Gasteiger partial charge on any atom is -0.481 e. The molecule has 1 rings (SSSR count). The normalized spacial score (nSPS) is 9.89. The molecule has 0 aromatic heterocycles. The van der Waals surface area contributed by atoms with E-state index in [-0.39, 0.29) is 11.9 Å². The summed E-state index contributed by atoms with van der Waals surface area (Å²) < 4.78 is 0. The van der Waals surface area contributed by atoms with E-state index >= 15 is 0 Å². The number of piperidine rings is 1. The maximum absolute atomic E-state index is 11.7. The Bertz CT molecular complexity index is 2470. The molecule has 1 amide bonds. The molecule has 0 saturated carbocycles. The third-order valence-electron chi connectivity index (χ3n) is 21.2. The van der Waals surface area contributed by atoms with E-state index in [1.165, 1.54) is 302 Å². The number of aliphatic hydroxyl groups is 1. The Hall–Kier alpha value is -6.46. The molecule has 1 aliphatic heterocycles. The molecule has 888 valence electrons. The van der Waals surface area contributed by atoms with E-state index in [1.54, 1.807) is 59.8 Å². The maximum atomic E-state index is 11.7. The Labute approximate surface area is 938 Å². The Balaban J connectivity index is -0.0000000771.